The van der Waals surface area contributed by atoms with Gasteiger partial charge in [-0.1, -0.05) is 77.6 Å². The van der Waals surface area contributed by atoms with Gasteiger partial charge in [0.15, 0.2) is 0 Å². The van der Waals surface area contributed by atoms with E-state index in [-0.39, 0.29) is 13.2 Å². The van der Waals surface area contributed by atoms with Crippen LogP contribution in [0.1, 0.15) is 103 Å². The highest BCUT2D eigenvalue weighted by molar-refractivity contribution is 7.45. The summed E-state index contributed by atoms with van der Waals surface area (Å²) >= 11 is 0. The molecule has 1 unspecified atom stereocenters. The molecule has 0 N–H and O–H groups in total. The van der Waals surface area contributed by atoms with Gasteiger partial charge in [0.1, 0.15) is 13.2 Å². The first kappa shape index (κ1) is 26.1. The van der Waals surface area contributed by atoms with E-state index in [1.54, 1.807) is 0 Å². The highest BCUT2D eigenvalue weighted by atomic mass is 31.2. The molecular formula is C22H46NO4P. The molecular weight excluding hydrogens is 373 g/mol. The lowest BCUT2D eigenvalue weighted by Crippen LogP contribution is -2.49. The number of rotatable bonds is 18. The molecule has 0 saturated carbocycles. The van der Waals surface area contributed by atoms with Crippen molar-refractivity contribution in [3.63, 3.8) is 0 Å². The first-order chi connectivity index (χ1) is 13.5. The zero-order chi connectivity index (χ0) is 20.6. The number of quaternary nitrogens is 1. The standard InChI is InChI=1S/C22H46NO4P/c1-3-4-5-6-7-8-9-10-11-12-13-17-21-26-28(24,25)27-22-20-23(2)18-15-14-16-19-23/h3-22H2,1-2H3. The SMILES string of the molecule is CCCCCCCCCCCCCCOP(=O)([O-])OCC[N+]1(C)CCCCC1. The van der Waals surface area contributed by atoms with Gasteiger partial charge in [-0.3, -0.25) is 4.57 Å². The molecule has 1 heterocycles. The van der Waals surface area contributed by atoms with E-state index in [4.69, 9.17) is 9.05 Å². The summed E-state index contributed by atoms with van der Waals surface area (Å²) in [5.74, 6) is 0. The number of likely N-dealkylation sites (N-methyl/N-ethyl adjacent to an activating group) is 1. The normalized spacial score (nSPS) is 18.8. The Balaban J connectivity index is 1.89. The summed E-state index contributed by atoms with van der Waals surface area (Å²) in [4.78, 5) is 11.9. The number of piperidine rings is 1. The van der Waals surface area contributed by atoms with Gasteiger partial charge in [-0.25, -0.2) is 0 Å². The average Bonchev–Trinajstić information content (AvgIpc) is 2.65. The summed E-state index contributed by atoms with van der Waals surface area (Å²) in [5.41, 5.74) is 0. The van der Waals surface area contributed by atoms with Crippen molar-refractivity contribution in [1.82, 2.24) is 0 Å². The Morgan fingerprint density at radius 1 is 0.750 bits per heavy atom. The van der Waals surface area contributed by atoms with Crippen LogP contribution < -0.4 is 4.89 Å². The lowest BCUT2D eigenvalue weighted by Gasteiger charge is -2.38. The van der Waals surface area contributed by atoms with Crippen LogP contribution in [0.5, 0.6) is 0 Å². The van der Waals surface area contributed by atoms with Crippen molar-refractivity contribution in [3.05, 3.63) is 0 Å². The molecule has 0 aromatic heterocycles. The molecule has 1 aliphatic rings. The molecule has 1 aliphatic heterocycles. The molecule has 0 spiro atoms. The molecule has 0 bridgehead atoms. The van der Waals surface area contributed by atoms with Crippen molar-refractivity contribution in [2.24, 2.45) is 0 Å². The number of likely N-dealkylation sites (tertiary alicyclic amines) is 1. The second-order valence-corrected chi connectivity index (χ2v) is 10.3. The highest BCUT2D eigenvalue weighted by Crippen LogP contribution is 2.38. The molecule has 6 heteroatoms. The second kappa shape index (κ2) is 15.8. The monoisotopic (exact) mass is 419 g/mol. The van der Waals surface area contributed by atoms with Gasteiger partial charge in [0.05, 0.1) is 26.7 Å². The molecule has 1 saturated heterocycles. The van der Waals surface area contributed by atoms with E-state index >= 15 is 0 Å². The molecule has 1 fully saturated rings. The molecule has 0 radical (unpaired) electrons. The Labute approximate surface area is 174 Å². The van der Waals surface area contributed by atoms with Crippen LogP contribution >= 0.6 is 7.82 Å². The minimum atomic E-state index is -4.13. The van der Waals surface area contributed by atoms with E-state index in [9.17, 15) is 9.46 Å². The summed E-state index contributed by atoms with van der Waals surface area (Å²) in [7, 11) is -1.95. The zero-order valence-electron chi connectivity index (χ0n) is 18.7. The summed E-state index contributed by atoms with van der Waals surface area (Å²) < 4.78 is 22.9. The van der Waals surface area contributed by atoms with E-state index in [0.717, 1.165) is 37.0 Å². The van der Waals surface area contributed by atoms with Crippen LogP contribution in [0, 0.1) is 0 Å². The van der Waals surface area contributed by atoms with Crippen molar-refractivity contribution < 1.29 is 23.0 Å². The number of nitrogens with zero attached hydrogens (tertiary/aromatic N) is 1. The van der Waals surface area contributed by atoms with Crippen LogP contribution in [0.2, 0.25) is 0 Å². The van der Waals surface area contributed by atoms with Crippen LogP contribution in [0.4, 0.5) is 0 Å². The molecule has 5 nitrogen and oxygen atoms in total. The van der Waals surface area contributed by atoms with Crippen LogP contribution in [-0.2, 0) is 13.6 Å². The van der Waals surface area contributed by atoms with Crippen molar-refractivity contribution in [2.45, 2.75) is 103 Å². The number of unbranched alkanes of at least 4 members (excludes halogenated alkanes) is 11. The zero-order valence-corrected chi connectivity index (χ0v) is 19.6. The Kier molecular flexibility index (Phi) is 14.8. The second-order valence-electron chi connectivity index (χ2n) is 8.85. The quantitative estimate of drug-likeness (QED) is 0.160. The maximum Gasteiger partial charge on any atom is 0.268 e. The van der Waals surface area contributed by atoms with Gasteiger partial charge in [-0.15, -0.1) is 0 Å². The number of hydrogen-bond donors (Lipinski definition) is 0. The van der Waals surface area contributed by atoms with Crippen LogP contribution in [0.3, 0.4) is 0 Å². The first-order valence-electron chi connectivity index (χ1n) is 11.9. The summed E-state index contributed by atoms with van der Waals surface area (Å²) in [5, 5.41) is 0. The number of phosphoric ester groups is 1. The summed E-state index contributed by atoms with van der Waals surface area (Å²) in [6.45, 7) is 5.72. The van der Waals surface area contributed by atoms with Gasteiger partial charge in [-0.05, 0) is 25.7 Å². The Hall–Kier alpha value is 0.0700. The van der Waals surface area contributed by atoms with Gasteiger partial charge in [0, 0.05) is 0 Å². The van der Waals surface area contributed by atoms with Gasteiger partial charge in [0.25, 0.3) is 7.82 Å². The van der Waals surface area contributed by atoms with Crippen molar-refractivity contribution in [2.75, 3.05) is 39.9 Å². The number of phosphoric acid groups is 1. The van der Waals surface area contributed by atoms with Gasteiger partial charge >= 0.3 is 0 Å². The molecule has 0 aliphatic carbocycles. The lowest BCUT2D eigenvalue weighted by molar-refractivity contribution is -0.914. The van der Waals surface area contributed by atoms with Gasteiger partial charge < -0.3 is 18.4 Å². The fourth-order valence-electron chi connectivity index (χ4n) is 4.03. The van der Waals surface area contributed by atoms with Crippen LogP contribution in [0.15, 0.2) is 0 Å². The van der Waals surface area contributed by atoms with E-state index < -0.39 is 7.82 Å². The van der Waals surface area contributed by atoms with Gasteiger partial charge in [0.2, 0.25) is 0 Å². The third-order valence-corrected chi connectivity index (χ3v) is 7.02. The maximum atomic E-state index is 11.9. The van der Waals surface area contributed by atoms with E-state index in [1.807, 2.05) is 0 Å². The molecule has 1 atom stereocenters. The average molecular weight is 420 g/mol. The molecule has 28 heavy (non-hydrogen) atoms. The summed E-state index contributed by atoms with van der Waals surface area (Å²) in [6.07, 6.45) is 18.8. The fourth-order valence-corrected chi connectivity index (χ4v) is 4.76. The number of hydrogen-bond acceptors (Lipinski definition) is 4. The minimum absolute atomic E-state index is 0.232. The van der Waals surface area contributed by atoms with Crippen molar-refractivity contribution in [3.8, 4) is 0 Å². The topological polar surface area (TPSA) is 58.6 Å². The molecule has 0 aromatic carbocycles. The predicted octanol–water partition coefficient (Wildman–Crippen LogP) is 5.82. The van der Waals surface area contributed by atoms with Crippen LogP contribution in [0.25, 0.3) is 0 Å². The maximum absolute atomic E-state index is 11.9. The Bertz CT molecular complexity index is 413. The summed E-state index contributed by atoms with van der Waals surface area (Å²) in [6, 6.07) is 0. The molecule has 0 amide bonds. The first-order valence-corrected chi connectivity index (χ1v) is 13.4. The lowest BCUT2D eigenvalue weighted by atomic mass is 10.1. The van der Waals surface area contributed by atoms with Crippen molar-refractivity contribution in [1.29, 1.82) is 0 Å². The Morgan fingerprint density at radius 2 is 1.21 bits per heavy atom. The molecule has 1 rings (SSSR count). The predicted molar refractivity (Wildman–Crippen MR) is 115 cm³/mol. The van der Waals surface area contributed by atoms with Crippen LogP contribution in [-0.4, -0.2) is 44.4 Å². The van der Waals surface area contributed by atoms with E-state index in [1.165, 1.54) is 83.5 Å². The minimum Gasteiger partial charge on any atom is -0.756 e. The van der Waals surface area contributed by atoms with Gasteiger partial charge in [-0.2, -0.15) is 0 Å². The Morgan fingerprint density at radius 3 is 1.75 bits per heavy atom. The smallest absolute Gasteiger partial charge is 0.268 e. The van der Waals surface area contributed by atoms with E-state index in [0.29, 0.717) is 0 Å². The van der Waals surface area contributed by atoms with E-state index in [2.05, 4.69) is 14.0 Å². The highest BCUT2D eigenvalue weighted by Gasteiger charge is 2.25. The third kappa shape index (κ3) is 14.1. The molecule has 168 valence electrons. The fraction of sp³-hybridized carbons (Fsp3) is 1.00. The largest absolute Gasteiger partial charge is 0.756 e. The van der Waals surface area contributed by atoms with Crippen molar-refractivity contribution >= 4 is 7.82 Å². The third-order valence-electron chi connectivity index (χ3n) is 6.02. The molecule has 0 aromatic rings.